The van der Waals surface area contributed by atoms with Gasteiger partial charge in [0.15, 0.2) is 0 Å². The molecule has 3 heteroatoms. The van der Waals surface area contributed by atoms with Gasteiger partial charge in [0.25, 0.3) is 0 Å². The Bertz CT molecular complexity index is 2030. The number of rotatable bonds is 1. The summed E-state index contributed by atoms with van der Waals surface area (Å²) in [6.45, 7) is 4.73. The van der Waals surface area contributed by atoms with Crippen LogP contribution in [0.1, 0.15) is 25.0 Å². The van der Waals surface area contributed by atoms with Gasteiger partial charge in [-0.05, 0) is 51.2 Å². The molecule has 7 aromatic rings. The Labute approximate surface area is 208 Å². The lowest BCUT2D eigenvalue weighted by molar-refractivity contribution is 0.667. The Morgan fingerprint density at radius 3 is 2.31 bits per heavy atom. The molecule has 0 saturated heterocycles. The number of benzene rings is 5. The summed E-state index contributed by atoms with van der Waals surface area (Å²) in [6, 6.07) is 34.7. The van der Waals surface area contributed by atoms with Crippen LogP contribution in [0.2, 0.25) is 0 Å². The highest BCUT2D eigenvalue weighted by atomic mass is 15.2. The van der Waals surface area contributed by atoms with Gasteiger partial charge >= 0.3 is 0 Å². The van der Waals surface area contributed by atoms with Crippen molar-refractivity contribution in [2.75, 3.05) is 0 Å². The van der Waals surface area contributed by atoms with Crippen molar-refractivity contribution in [3.05, 3.63) is 114 Å². The molecule has 0 unspecified atom stereocenters. The lowest BCUT2D eigenvalue weighted by Gasteiger charge is -2.23. The fourth-order valence-electron chi connectivity index (χ4n) is 6.42. The molecular weight excluding hydrogens is 438 g/mol. The summed E-state index contributed by atoms with van der Waals surface area (Å²) >= 11 is 0. The smallest absolute Gasteiger partial charge is 0.235 e. The van der Waals surface area contributed by atoms with Crippen LogP contribution in [0.15, 0.2) is 103 Å². The van der Waals surface area contributed by atoms with Crippen molar-refractivity contribution in [2.24, 2.45) is 0 Å². The van der Waals surface area contributed by atoms with Crippen LogP contribution in [0.25, 0.3) is 60.6 Å². The monoisotopic (exact) mass is 461 g/mol. The van der Waals surface area contributed by atoms with Crippen LogP contribution in [0, 0.1) is 0 Å². The second kappa shape index (κ2) is 6.79. The molecule has 0 aliphatic heterocycles. The maximum atomic E-state index is 4.98. The van der Waals surface area contributed by atoms with Crippen molar-refractivity contribution < 1.29 is 0 Å². The molecule has 0 bridgehead atoms. The van der Waals surface area contributed by atoms with Gasteiger partial charge in [0.2, 0.25) is 5.95 Å². The van der Waals surface area contributed by atoms with Crippen LogP contribution in [0.5, 0.6) is 0 Å². The number of hydrogen-bond donors (Lipinski definition) is 0. The minimum atomic E-state index is -0.132. The standard InChI is InChI=1S/C33H23N3/c1-33(2)25-17-15-20-9-3-5-11-22(20)29(25)24-16-18-28-30(31(24)33)23-12-6-8-14-27(23)36(28)32-34-19-21-10-4-7-13-26(21)35-32/h3-19H,1-2H3. The Balaban J connectivity index is 1.52. The van der Waals surface area contributed by atoms with Crippen molar-refractivity contribution in [1.29, 1.82) is 0 Å². The number of fused-ring (bicyclic) bond motifs is 10. The molecule has 0 N–H and O–H groups in total. The molecule has 8 rings (SSSR count). The summed E-state index contributed by atoms with van der Waals surface area (Å²) in [5, 5.41) is 6.19. The van der Waals surface area contributed by atoms with E-state index in [2.05, 4.69) is 103 Å². The molecule has 0 fully saturated rings. The number of para-hydroxylation sites is 2. The second-order valence-corrected chi connectivity index (χ2v) is 10.3. The van der Waals surface area contributed by atoms with E-state index >= 15 is 0 Å². The van der Waals surface area contributed by atoms with Crippen molar-refractivity contribution >= 4 is 43.5 Å². The van der Waals surface area contributed by atoms with Crippen LogP contribution >= 0.6 is 0 Å². The average molecular weight is 462 g/mol. The van der Waals surface area contributed by atoms with Gasteiger partial charge in [-0.15, -0.1) is 0 Å². The normalized spacial score (nSPS) is 14.1. The molecule has 0 radical (unpaired) electrons. The first-order valence-corrected chi connectivity index (χ1v) is 12.4. The van der Waals surface area contributed by atoms with Crippen molar-refractivity contribution in [2.45, 2.75) is 19.3 Å². The fraction of sp³-hybridized carbons (Fsp3) is 0.0909. The lowest BCUT2D eigenvalue weighted by atomic mass is 9.80. The SMILES string of the molecule is CC1(C)c2ccc3ccccc3c2-c2ccc3c(c21)c1ccccc1n3-c1ncc2ccccc2n1. The molecule has 1 aliphatic carbocycles. The quantitative estimate of drug-likeness (QED) is 0.247. The fourth-order valence-corrected chi connectivity index (χ4v) is 6.42. The zero-order valence-corrected chi connectivity index (χ0v) is 20.2. The van der Waals surface area contributed by atoms with E-state index in [0.717, 1.165) is 21.9 Å². The van der Waals surface area contributed by atoms with E-state index in [9.17, 15) is 0 Å². The molecule has 170 valence electrons. The van der Waals surface area contributed by atoms with E-state index < -0.39 is 0 Å². The van der Waals surface area contributed by atoms with Gasteiger partial charge in [0.1, 0.15) is 0 Å². The van der Waals surface area contributed by atoms with Gasteiger partial charge in [0.05, 0.1) is 16.6 Å². The molecule has 2 heterocycles. The summed E-state index contributed by atoms with van der Waals surface area (Å²) in [5.41, 5.74) is 8.59. The molecule has 0 amide bonds. The van der Waals surface area contributed by atoms with Crippen LogP contribution in [0.3, 0.4) is 0 Å². The summed E-state index contributed by atoms with van der Waals surface area (Å²) in [7, 11) is 0. The molecule has 36 heavy (non-hydrogen) atoms. The largest absolute Gasteiger partial charge is 0.278 e. The van der Waals surface area contributed by atoms with Gasteiger partial charge < -0.3 is 0 Å². The first-order chi connectivity index (χ1) is 17.6. The van der Waals surface area contributed by atoms with Gasteiger partial charge in [-0.3, -0.25) is 4.57 Å². The summed E-state index contributed by atoms with van der Waals surface area (Å²) < 4.78 is 2.23. The van der Waals surface area contributed by atoms with E-state index in [1.165, 1.54) is 43.8 Å². The third kappa shape index (κ3) is 2.42. The average Bonchev–Trinajstić information content (AvgIpc) is 3.37. The van der Waals surface area contributed by atoms with E-state index in [1.54, 1.807) is 0 Å². The topological polar surface area (TPSA) is 30.7 Å². The van der Waals surface area contributed by atoms with E-state index in [0.29, 0.717) is 5.95 Å². The molecule has 0 spiro atoms. The van der Waals surface area contributed by atoms with Gasteiger partial charge in [-0.25, -0.2) is 9.97 Å². The minimum absolute atomic E-state index is 0.132. The second-order valence-electron chi connectivity index (χ2n) is 10.3. The zero-order chi connectivity index (χ0) is 24.0. The third-order valence-corrected chi connectivity index (χ3v) is 8.01. The highest BCUT2D eigenvalue weighted by Crippen LogP contribution is 2.55. The Kier molecular flexibility index (Phi) is 3.73. The minimum Gasteiger partial charge on any atom is -0.278 e. The highest BCUT2D eigenvalue weighted by molar-refractivity contribution is 6.16. The first-order valence-electron chi connectivity index (χ1n) is 12.4. The van der Waals surface area contributed by atoms with Crippen molar-refractivity contribution in [3.63, 3.8) is 0 Å². The first kappa shape index (κ1) is 19.8. The van der Waals surface area contributed by atoms with Gasteiger partial charge in [-0.1, -0.05) is 92.7 Å². The number of hydrogen-bond acceptors (Lipinski definition) is 2. The lowest BCUT2D eigenvalue weighted by Crippen LogP contribution is -2.15. The summed E-state index contributed by atoms with van der Waals surface area (Å²) in [5.74, 6) is 0.707. The van der Waals surface area contributed by atoms with Crippen molar-refractivity contribution in [1.82, 2.24) is 14.5 Å². The maximum Gasteiger partial charge on any atom is 0.235 e. The Morgan fingerprint density at radius 1 is 0.667 bits per heavy atom. The van der Waals surface area contributed by atoms with Crippen LogP contribution in [-0.4, -0.2) is 14.5 Å². The van der Waals surface area contributed by atoms with E-state index in [4.69, 9.17) is 9.97 Å². The van der Waals surface area contributed by atoms with Crippen LogP contribution in [0.4, 0.5) is 0 Å². The Morgan fingerprint density at radius 2 is 1.42 bits per heavy atom. The molecule has 1 aliphatic rings. The number of nitrogens with zero attached hydrogens (tertiary/aromatic N) is 3. The van der Waals surface area contributed by atoms with E-state index in [-0.39, 0.29) is 5.41 Å². The molecule has 3 nitrogen and oxygen atoms in total. The molecule has 2 aromatic heterocycles. The highest BCUT2D eigenvalue weighted by Gasteiger charge is 2.39. The molecule has 0 atom stereocenters. The van der Waals surface area contributed by atoms with E-state index in [1.807, 2.05) is 18.3 Å². The molecule has 0 saturated carbocycles. The van der Waals surface area contributed by atoms with Crippen LogP contribution < -0.4 is 0 Å². The summed E-state index contributed by atoms with van der Waals surface area (Å²) in [4.78, 5) is 9.79. The predicted octanol–water partition coefficient (Wildman–Crippen LogP) is 8.19. The number of aromatic nitrogens is 3. The third-order valence-electron chi connectivity index (χ3n) is 8.01. The zero-order valence-electron chi connectivity index (χ0n) is 20.2. The van der Waals surface area contributed by atoms with Gasteiger partial charge in [0, 0.05) is 27.8 Å². The maximum absolute atomic E-state index is 4.98. The molecular formula is C33H23N3. The predicted molar refractivity (Wildman–Crippen MR) is 149 cm³/mol. The summed E-state index contributed by atoms with van der Waals surface area (Å²) in [6.07, 6.45) is 1.93. The Hall–Kier alpha value is -4.50. The van der Waals surface area contributed by atoms with Crippen LogP contribution in [-0.2, 0) is 5.41 Å². The molecule has 5 aromatic carbocycles. The van der Waals surface area contributed by atoms with Crippen molar-refractivity contribution in [3.8, 4) is 17.1 Å². The van der Waals surface area contributed by atoms with Gasteiger partial charge in [-0.2, -0.15) is 0 Å².